The molecule has 2 N–H and O–H groups in total. The molecule has 1 aliphatic carbocycles. The summed E-state index contributed by atoms with van der Waals surface area (Å²) >= 11 is 0. The summed E-state index contributed by atoms with van der Waals surface area (Å²) in [6, 6.07) is 0.348. The molecule has 1 aliphatic heterocycles. The lowest BCUT2D eigenvalue weighted by molar-refractivity contribution is -0.140. The normalized spacial score (nSPS) is 35.6. The average Bonchev–Trinajstić information content (AvgIpc) is 2.86. The van der Waals surface area contributed by atoms with Crippen LogP contribution < -0.4 is 10.6 Å². The predicted octanol–water partition coefficient (Wildman–Crippen LogP) is 0.931. The average molecular weight is 284 g/mol. The monoisotopic (exact) mass is 284 g/mol. The van der Waals surface area contributed by atoms with Crippen molar-refractivity contribution in [2.24, 2.45) is 11.3 Å². The van der Waals surface area contributed by atoms with Gasteiger partial charge in [0, 0.05) is 24.1 Å². The summed E-state index contributed by atoms with van der Waals surface area (Å²) in [5.74, 6) is 0.0402. The maximum absolute atomic E-state index is 12.4. The van der Waals surface area contributed by atoms with Gasteiger partial charge in [-0.15, -0.1) is 0 Å². The van der Waals surface area contributed by atoms with Crippen molar-refractivity contribution in [3.05, 3.63) is 0 Å². The van der Waals surface area contributed by atoms with E-state index >= 15 is 0 Å². The van der Waals surface area contributed by atoms with Gasteiger partial charge in [-0.05, 0) is 19.9 Å². The molecule has 2 aliphatic rings. The highest BCUT2D eigenvalue weighted by atomic mass is 16.5. The second-order valence-electron chi connectivity index (χ2n) is 6.37. The summed E-state index contributed by atoms with van der Waals surface area (Å²) in [7, 11) is 0. The Labute approximate surface area is 121 Å². The highest BCUT2D eigenvalue weighted by molar-refractivity contribution is 5.80. The zero-order valence-electron chi connectivity index (χ0n) is 13.1. The third-order valence-corrected chi connectivity index (χ3v) is 4.75. The van der Waals surface area contributed by atoms with E-state index in [0.717, 1.165) is 19.6 Å². The molecule has 0 aromatic rings. The van der Waals surface area contributed by atoms with Crippen LogP contribution in [0.1, 0.15) is 34.1 Å². The van der Waals surface area contributed by atoms with Crippen LogP contribution in [-0.2, 0) is 14.3 Å². The third-order valence-electron chi connectivity index (χ3n) is 4.75. The Kier molecular flexibility index (Phi) is 5.04. The second-order valence-corrected chi connectivity index (χ2v) is 6.37. The topological polar surface area (TPSA) is 59.6 Å². The smallest absolute Gasteiger partial charge is 0.227 e. The van der Waals surface area contributed by atoms with Crippen LogP contribution >= 0.6 is 0 Å². The first kappa shape index (κ1) is 15.7. The summed E-state index contributed by atoms with van der Waals surface area (Å²) in [5.41, 5.74) is 0.0127. The number of hydrogen-bond donors (Lipinski definition) is 2. The number of nitrogens with one attached hydrogen (secondary N) is 2. The van der Waals surface area contributed by atoms with E-state index in [1.807, 2.05) is 6.92 Å². The molecular formula is C15H28N2O3. The maximum atomic E-state index is 12.4. The summed E-state index contributed by atoms with van der Waals surface area (Å²) in [6.45, 7) is 11.1. The fraction of sp³-hybridized carbons (Fsp3) is 0.933. The molecule has 5 heteroatoms. The molecule has 2 fully saturated rings. The van der Waals surface area contributed by atoms with Gasteiger partial charge in [-0.3, -0.25) is 4.79 Å². The van der Waals surface area contributed by atoms with E-state index in [1.165, 1.54) is 0 Å². The van der Waals surface area contributed by atoms with Crippen LogP contribution in [0, 0.1) is 11.3 Å². The van der Waals surface area contributed by atoms with E-state index in [1.54, 1.807) is 0 Å². The predicted molar refractivity (Wildman–Crippen MR) is 77.5 cm³/mol. The van der Waals surface area contributed by atoms with Gasteiger partial charge in [0.25, 0.3) is 0 Å². The molecule has 0 spiro atoms. The van der Waals surface area contributed by atoms with E-state index in [4.69, 9.17) is 9.47 Å². The zero-order chi connectivity index (χ0) is 14.8. The molecule has 5 nitrogen and oxygen atoms in total. The minimum atomic E-state index is -0.0723. The Morgan fingerprint density at radius 2 is 2.10 bits per heavy atom. The van der Waals surface area contributed by atoms with Gasteiger partial charge in [-0.2, -0.15) is 0 Å². The van der Waals surface area contributed by atoms with Gasteiger partial charge in [-0.25, -0.2) is 0 Å². The largest absolute Gasteiger partial charge is 0.379 e. The molecule has 0 aromatic heterocycles. The number of rotatable bonds is 6. The summed E-state index contributed by atoms with van der Waals surface area (Å²) in [4.78, 5) is 12.4. The quantitative estimate of drug-likeness (QED) is 0.762. The molecule has 0 radical (unpaired) electrons. The summed E-state index contributed by atoms with van der Waals surface area (Å²) in [5, 5.41) is 6.51. The number of hydrogen-bond acceptors (Lipinski definition) is 4. The van der Waals surface area contributed by atoms with Crippen LogP contribution in [0.5, 0.6) is 0 Å². The van der Waals surface area contributed by atoms with Crippen molar-refractivity contribution in [1.82, 2.24) is 10.6 Å². The van der Waals surface area contributed by atoms with Crippen LogP contribution in [0.3, 0.4) is 0 Å². The van der Waals surface area contributed by atoms with Crippen molar-refractivity contribution in [3.8, 4) is 0 Å². The molecule has 1 heterocycles. The highest BCUT2D eigenvalue weighted by Crippen LogP contribution is 2.42. The minimum Gasteiger partial charge on any atom is -0.379 e. The molecule has 4 unspecified atom stereocenters. The molecule has 0 bridgehead atoms. The van der Waals surface area contributed by atoms with Crippen LogP contribution in [-0.4, -0.2) is 50.5 Å². The Morgan fingerprint density at radius 3 is 2.70 bits per heavy atom. The van der Waals surface area contributed by atoms with Gasteiger partial charge < -0.3 is 20.1 Å². The SMILES string of the molecule is CCNC1COCC1C(=O)NC1CC(OCC)C1(C)C. The minimum absolute atomic E-state index is 0.0127. The standard InChI is InChI=1S/C15H28N2O3/c1-5-16-11-9-19-8-10(11)14(18)17-12-7-13(20-6-2)15(12,3)4/h10-13,16H,5-9H2,1-4H3,(H,17,18). The van der Waals surface area contributed by atoms with Crippen molar-refractivity contribution in [3.63, 3.8) is 0 Å². The molecule has 20 heavy (non-hydrogen) atoms. The van der Waals surface area contributed by atoms with Crippen molar-refractivity contribution in [1.29, 1.82) is 0 Å². The first-order valence-electron chi connectivity index (χ1n) is 7.73. The van der Waals surface area contributed by atoms with Gasteiger partial charge in [0.05, 0.1) is 25.2 Å². The van der Waals surface area contributed by atoms with Crippen molar-refractivity contribution in [2.75, 3.05) is 26.4 Å². The molecule has 4 atom stereocenters. The first-order valence-corrected chi connectivity index (χ1v) is 7.73. The Balaban J connectivity index is 1.86. The van der Waals surface area contributed by atoms with E-state index in [0.29, 0.717) is 13.2 Å². The number of carbonyl (C=O) groups is 1. The molecular weight excluding hydrogens is 256 g/mol. The molecule has 116 valence electrons. The fourth-order valence-electron chi connectivity index (χ4n) is 3.17. The molecule has 1 amide bonds. The summed E-state index contributed by atoms with van der Waals surface area (Å²) in [6.07, 6.45) is 1.16. The van der Waals surface area contributed by atoms with Crippen molar-refractivity contribution >= 4 is 5.91 Å². The number of carbonyl (C=O) groups excluding carboxylic acids is 1. The van der Waals surface area contributed by atoms with Crippen LogP contribution in [0.25, 0.3) is 0 Å². The van der Waals surface area contributed by atoms with E-state index in [2.05, 4.69) is 31.4 Å². The maximum Gasteiger partial charge on any atom is 0.227 e. The highest BCUT2D eigenvalue weighted by Gasteiger charge is 2.50. The zero-order valence-corrected chi connectivity index (χ0v) is 13.1. The summed E-state index contributed by atoms with van der Waals surface area (Å²) < 4.78 is 11.1. The fourth-order valence-corrected chi connectivity index (χ4v) is 3.17. The van der Waals surface area contributed by atoms with Crippen LogP contribution in [0.2, 0.25) is 0 Å². The number of likely N-dealkylation sites (N-methyl/N-ethyl adjacent to an activating group) is 1. The lowest BCUT2D eigenvalue weighted by atomic mass is 9.64. The van der Waals surface area contributed by atoms with Crippen molar-refractivity contribution in [2.45, 2.75) is 52.3 Å². The Hall–Kier alpha value is -0.650. The van der Waals surface area contributed by atoms with Gasteiger partial charge in [-0.1, -0.05) is 20.8 Å². The second kappa shape index (κ2) is 6.41. The first-order chi connectivity index (χ1) is 9.50. The third kappa shape index (κ3) is 3.00. The van der Waals surface area contributed by atoms with Gasteiger partial charge in [0.1, 0.15) is 0 Å². The lowest BCUT2D eigenvalue weighted by Gasteiger charge is -2.51. The van der Waals surface area contributed by atoms with Gasteiger partial charge in [0.2, 0.25) is 5.91 Å². The van der Waals surface area contributed by atoms with E-state index in [9.17, 15) is 4.79 Å². The van der Waals surface area contributed by atoms with E-state index in [-0.39, 0.29) is 35.4 Å². The lowest BCUT2D eigenvalue weighted by Crippen LogP contribution is -2.63. The van der Waals surface area contributed by atoms with Crippen LogP contribution in [0.15, 0.2) is 0 Å². The molecule has 1 saturated heterocycles. The van der Waals surface area contributed by atoms with Crippen LogP contribution in [0.4, 0.5) is 0 Å². The van der Waals surface area contributed by atoms with Crippen molar-refractivity contribution < 1.29 is 14.3 Å². The molecule has 0 aromatic carbocycles. The number of amides is 1. The number of ether oxygens (including phenoxy) is 2. The Bertz CT molecular complexity index is 346. The molecule has 2 rings (SSSR count). The molecule has 1 saturated carbocycles. The van der Waals surface area contributed by atoms with E-state index < -0.39 is 0 Å². The van der Waals surface area contributed by atoms with Gasteiger partial charge >= 0.3 is 0 Å². The Morgan fingerprint density at radius 1 is 1.35 bits per heavy atom. The van der Waals surface area contributed by atoms with Gasteiger partial charge in [0.15, 0.2) is 0 Å².